The lowest BCUT2D eigenvalue weighted by Gasteiger charge is -2.60. The number of piperazine rings is 1. The summed E-state index contributed by atoms with van der Waals surface area (Å²) in [6, 6.07) is 0.460. The van der Waals surface area contributed by atoms with Crippen LogP contribution in [0, 0.1) is 18.3 Å². The fourth-order valence-electron chi connectivity index (χ4n) is 7.71. The number of methoxy groups -OCH3 is 2. The molecular formula is C35H45N5O9. The fourth-order valence-corrected chi connectivity index (χ4v) is 7.71. The van der Waals surface area contributed by atoms with Gasteiger partial charge < -0.3 is 34.7 Å². The lowest BCUT2D eigenvalue weighted by molar-refractivity contribution is -0.125. The largest absolute Gasteiger partial charge is 0.504 e. The number of amides is 2. The van der Waals surface area contributed by atoms with Crippen molar-refractivity contribution in [2.75, 3.05) is 34.6 Å². The van der Waals surface area contributed by atoms with Gasteiger partial charge in [-0.15, -0.1) is 0 Å². The molecule has 1 fully saturated rings. The number of carbonyl (C=O) groups excluding carboxylic acids is 4. The fraction of sp³-hybridized carbons (Fsp3) is 0.571. The molecule has 0 saturated carbocycles. The number of alkyl carbamates (subject to hydrolysis) is 1. The topological polar surface area (TPSA) is 180 Å². The average molecular weight is 680 g/mol. The summed E-state index contributed by atoms with van der Waals surface area (Å²) in [5.41, 5.74) is 2.11. The Morgan fingerprint density at radius 2 is 1.82 bits per heavy atom. The number of hydrogen-bond donors (Lipinski definition) is 3. The van der Waals surface area contributed by atoms with Gasteiger partial charge in [-0.2, -0.15) is 5.26 Å². The molecular weight excluding hydrogens is 634 g/mol. The van der Waals surface area contributed by atoms with Crippen molar-refractivity contribution in [1.29, 1.82) is 5.26 Å². The summed E-state index contributed by atoms with van der Waals surface area (Å²) >= 11 is 0. The van der Waals surface area contributed by atoms with Crippen molar-refractivity contribution < 1.29 is 43.2 Å². The molecule has 3 N–H and O–H groups in total. The van der Waals surface area contributed by atoms with Crippen LogP contribution in [0.5, 0.6) is 11.5 Å². The number of likely N-dealkylation sites (N-methyl/N-ethyl adjacent to an activating group) is 1. The zero-order chi connectivity index (χ0) is 36.1. The molecule has 1 aromatic carbocycles. The van der Waals surface area contributed by atoms with E-state index in [1.165, 1.54) is 21.0 Å². The molecule has 6 atom stereocenters. The third-order valence-electron chi connectivity index (χ3n) is 9.78. The highest BCUT2D eigenvalue weighted by molar-refractivity contribution is 6.24. The molecule has 14 nitrogen and oxygen atoms in total. The molecule has 264 valence electrons. The van der Waals surface area contributed by atoms with Crippen LogP contribution in [0.15, 0.2) is 28.5 Å². The number of nitrogens with zero attached hydrogens (tertiary/aromatic N) is 3. The van der Waals surface area contributed by atoms with E-state index < -0.39 is 65.1 Å². The summed E-state index contributed by atoms with van der Waals surface area (Å²) in [7, 11) is 5.01. The van der Waals surface area contributed by atoms with E-state index in [1.807, 2.05) is 24.9 Å². The molecule has 0 aromatic heterocycles. The Morgan fingerprint density at radius 1 is 1.12 bits per heavy atom. The minimum Gasteiger partial charge on any atom is -0.504 e. The number of rotatable bonds is 8. The van der Waals surface area contributed by atoms with Crippen molar-refractivity contribution in [1.82, 2.24) is 20.4 Å². The SMILES string of the molecule is COCOc1c(OC)c(C)cc2c1[C@@H]1C3CC4=C(C(=O)C(O)=C(C)C4=O)[C@H](CNC(=O)C(C)NC(=O)OC(C)(C)C)N3[C@@H](C#N)[C@H](C2)N1C. The molecule has 0 spiro atoms. The Balaban J connectivity index is 1.60. The normalized spacial score (nSPS) is 25.8. The minimum atomic E-state index is -1.01. The van der Waals surface area contributed by atoms with E-state index in [0.717, 1.165) is 16.7 Å². The highest BCUT2D eigenvalue weighted by Crippen LogP contribution is 2.54. The van der Waals surface area contributed by atoms with Gasteiger partial charge in [0.1, 0.15) is 17.7 Å². The Hall–Kier alpha value is -4.45. The summed E-state index contributed by atoms with van der Waals surface area (Å²) in [6.07, 6.45) is -0.203. The second kappa shape index (κ2) is 13.5. The number of allylic oxidation sites excluding steroid dienone is 2. The third kappa shape index (κ3) is 6.26. The van der Waals surface area contributed by atoms with E-state index in [1.54, 1.807) is 27.9 Å². The van der Waals surface area contributed by atoms with E-state index in [2.05, 4.69) is 21.6 Å². The Bertz CT molecular complexity index is 1690. The molecule has 14 heteroatoms. The maximum atomic E-state index is 13.8. The molecule has 49 heavy (non-hydrogen) atoms. The summed E-state index contributed by atoms with van der Waals surface area (Å²) in [6.45, 7) is 9.71. The number of fused-ring (bicyclic) bond motifs is 6. The maximum Gasteiger partial charge on any atom is 0.408 e. The van der Waals surface area contributed by atoms with Crippen LogP contribution in [0.1, 0.15) is 63.8 Å². The molecule has 1 saturated heterocycles. The summed E-state index contributed by atoms with van der Waals surface area (Å²) < 4.78 is 22.5. The molecule has 2 unspecified atom stereocenters. The van der Waals surface area contributed by atoms with Gasteiger partial charge in [-0.3, -0.25) is 24.2 Å². The molecule has 5 rings (SSSR count). The molecule has 4 aliphatic rings. The first-order chi connectivity index (χ1) is 23.1. The van der Waals surface area contributed by atoms with Crippen LogP contribution in [-0.4, -0.2) is 109 Å². The number of aliphatic hydroxyl groups is 1. The number of benzene rings is 1. The number of nitriles is 1. The van der Waals surface area contributed by atoms with Crippen molar-refractivity contribution in [2.45, 2.75) is 96.2 Å². The summed E-state index contributed by atoms with van der Waals surface area (Å²) in [5.74, 6) is -1.36. The maximum absolute atomic E-state index is 13.8. The zero-order valence-electron chi connectivity index (χ0n) is 29.4. The number of nitrogens with one attached hydrogen (secondary N) is 2. The number of aryl methyl sites for hydroxylation is 1. The van der Waals surface area contributed by atoms with E-state index in [-0.39, 0.29) is 42.5 Å². The number of ketones is 2. The minimum absolute atomic E-state index is 0.0446. The number of carbonyl (C=O) groups is 4. The van der Waals surface area contributed by atoms with Crippen LogP contribution in [0.4, 0.5) is 4.79 Å². The number of hydrogen-bond acceptors (Lipinski definition) is 12. The zero-order valence-corrected chi connectivity index (χ0v) is 29.4. The van der Waals surface area contributed by atoms with Crippen molar-refractivity contribution in [3.63, 3.8) is 0 Å². The first-order valence-electron chi connectivity index (χ1n) is 16.3. The average Bonchev–Trinajstić information content (AvgIpc) is 3.03. The second-order valence-corrected chi connectivity index (χ2v) is 14.0. The van der Waals surface area contributed by atoms with Crippen LogP contribution >= 0.6 is 0 Å². The van der Waals surface area contributed by atoms with Crippen molar-refractivity contribution in [3.05, 3.63) is 45.2 Å². The molecule has 2 bridgehead atoms. The number of aliphatic hydroxyl groups excluding tert-OH is 1. The summed E-state index contributed by atoms with van der Waals surface area (Å²) in [4.78, 5) is 57.3. The molecule has 2 amide bonds. The summed E-state index contributed by atoms with van der Waals surface area (Å²) in [5, 5.41) is 26.9. The van der Waals surface area contributed by atoms with Gasteiger partial charge in [-0.1, -0.05) is 6.07 Å². The lowest BCUT2D eigenvalue weighted by Crippen LogP contribution is -2.71. The highest BCUT2D eigenvalue weighted by Gasteiger charge is 2.58. The van der Waals surface area contributed by atoms with Gasteiger partial charge in [-0.25, -0.2) is 4.79 Å². The van der Waals surface area contributed by atoms with Gasteiger partial charge in [0, 0.05) is 48.0 Å². The van der Waals surface area contributed by atoms with Gasteiger partial charge in [0.2, 0.25) is 11.7 Å². The first kappa shape index (κ1) is 35.8. The van der Waals surface area contributed by atoms with Gasteiger partial charge in [0.15, 0.2) is 29.8 Å². The van der Waals surface area contributed by atoms with Crippen molar-refractivity contribution >= 4 is 23.6 Å². The molecule has 0 radical (unpaired) electrons. The van der Waals surface area contributed by atoms with Crippen molar-refractivity contribution in [3.8, 4) is 17.6 Å². The van der Waals surface area contributed by atoms with Gasteiger partial charge >= 0.3 is 6.09 Å². The molecule has 1 aliphatic carbocycles. The van der Waals surface area contributed by atoms with E-state index >= 15 is 0 Å². The molecule has 3 aliphatic heterocycles. The smallest absolute Gasteiger partial charge is 0.408 e. The van der Waals surface area contributed by atoms with Gasteiger partial charge in [-0.05, 0) is 72.6 Å². The van der Waals surface area contributed by atoms with Crippen LogP contribution in [-0.2, 0) is 30.3 Å². The quantitative estimate of drug-likeness (QED) is 0.271. The third-order valence-corrected chi connectivity index (χ3v) is 9.78. The predicted octanol–water partition coefficient (Wildman–Crippen LogP) is 2.54. The monoisotopic (exact) mass is 679 g/mol. The molecule has 3 heterocycles. The highest BCUT2D eigenvalue weighted by atomic mass is 16.7. The van der Waals surface area contributed by atoms with Gasteiger partial charge in [0.05, 0.1) is 25.3 Å². The van der Waals surface area contributed by atoms with Crippen molar-refractivity contribution in [2.24, 2.45) is 0 Å². The van der Waals surface area contributed by atoms with Crippen LogP contribution < -0.4 is 20.1 Å². The Labute approximate surface area is 286 Å². The van der Waals surface area contributed by atoms with Crippen LogP contribution in [0.3, 0.4) is 0 Å². The van der Waals surface area contributed by atoms with Crippen LogP contribution in [0.25, 0.3) is 0 Å². The number of ether oxygens (including phenoxy) is 4. The standard InChI is InChI=1S/C35H45N5O9/c1-16-10-19-11-21-23(13-36)40-22(27(39(21)7)25(19)32(31(16)47-9)48-15-46-8)12-20-26(30(43)29(42)17(2)28(20)41)24(40)14-37-33(44)18(3)38-34(45)49-35(4,5)6/h10,18,21-24,27,42H,11-12,14-15H2,1-9H3,(H,37,44)(H,38,45)/t18?,21-,22?,23-,24-,27-/m0/s1. The Kier molecular flexibility index (Phi) is 9.84. The van der Waals surface area contributed by atoms with Gasteiger partial charge in [0.25, 0.3) is 0 Å². The first-order valence-corrected chi connectivity index (χ1v) is 16.3. The van der Waals surface area contributed by atoms with Crippen LogP contribution in [0.2, 0.25) is 0 Å². The number of Topliss-reactive ketones (excluding diaryl/α,β-unsaturated/α-hetero) is 2. The van der Waals surface area contributed by atoms with E-state index in [9.17, 15) is 29.5 Å². The molecule has 1 aromatic rings. The Morgan fingerprint density at radius 3 is 2.43 bits per heavy atom. The van der Waals surface area contributed by atoms with E-state index in [4.69, 9.17) is 18.9 Å². The van der Waals surface area contributed by atoms with E-state index in [0.29, 0.717) is 17.9 Å². The second-order valence-electron chi connectivity index (χ2n) is 14.0. The lowest BCUT2D eigenvalue weighted by atomic mass is 9.69. The predicted molar refractivity (Wildman–Crippen MR) is 176 cm³/mol.